The van der Waals surface area contributed by atoms with Crippen LogP contribution in [-0.4, -0.2) is 25.8 Å². The van der Waals surface area contributed by atoms with Crippen LogP contribution in [0.4, 0.5) is 0 Å². The number of aryl methyl sites for hydroxylation is 2. The minimum atomic E-state index is -0.303. The molecule has 0 unspecified atom stereocenters. The maximum atomic E-state index is 10.4. The van der Waals surface area contributed by atoms with Crippen molar-refractivity contribution in [1.82, 2.24) is 14.1 Å². The van der Waals surface area contributed by atoms with Gasteiger partial charge in [-0.25, -0.2) is 4.98 Å². The number of nitrogens with one attached hydrogen (secondary N) is 1. The summed E-state index contributed by atoms with van der Waals surface area (Å²) in [5, 5.41) is 20.7. The Bertz CT molecular complexity index is 1760. The number of hydrogen-bond acceptors (Lipinski definition) is 3. The van der Waals surface area contributed by atoms with Gasteiger partial charge in [-0.3, -0.25) is 5.41 Å². The van der Waals surface area contributed by atoms with Gasteiger partial charge in [-0.1, -0.05) is 121 Å². The lowest BCUT2D eigenvalue weighted by Crippen LogP contribution is -2.29. The predicted octanol–water partition coefficient (Wildman–Crippen LogP) is 6.67. The van der Waals surface area contributed by atoms with Crippen molar-refractivity contribution in [2.24, 2.45) is 0 Å². The molecule has 0 aliphatic heterocycles. The van der Waals surface area contributed by atoms with Crippen LogP contribution in [0.3, 0.4) is 0 Å². The van der Waals surface area contributed by atoms with Crippen LogP contribution in [0.1, 0.15) is 17.2 Å². The Morgan fingerprint density at radius 3 is 1.85 bits per heavy atom. The first-order chi connectivity index (χ1) is 19.7. The van der Waals surface area contributed by atoms with Gasteiger partial charge in [0.25, 0.3) is 0 Å². The normalized spacial score (nSPS) is 12.0. The molecule has 0 aliphatic rings. The van der Waals surface area contributed by atoms with Crippen LogP contribution < -0.4 is 5.49 Å². The van der Waals surface area contributed by atoms with Crippen molar-refractivity contribution in [2.45, 2.75) is 25.4 Å². The van der Waals surface area contributed by atoms with Crippen molar-refractivity contribution in [3.63, 3.8) is 0 Å². The Kier molecular flexibility index (Phi) is 7.38. The Balaban J connectivity index is 1.59. The van der Waals surface area contributed by atoms with E-state index in [1.165, 1.54) is 5.56 Å². The van der Waals surface area contributed by atoms with E-state index in [2.05, 4.69) is 77.4 Å². The minimum Gasteiger partial charge on any atom is -0.394 e. The average Bonchev–Trinajstić information content (AvgIpc) is 3.36. The van der Waals surface area contributed by atoms with Gasteiger partial charge < -0.3 is 14.2 Å². The quantitative estimate of drug-likeness (QED) is 0.222. The molecule has 0 amide bonds. The number of nitrogens with zero attached hydrogens (tertiary/aromatic N) is 3. The Morgan fingerprint density at radius 2 is 1.25 bits per heavy atom. The van der Waals surface area contributed by atoms with Crippen molar-refractivity contribution < 1.29 is 5.11 Å². The second kappa shape index (κ2) is 11.6. The van der Waals surface area contributed by atoms with Crippen molar-refractivity contribution in [1.29, 1.82) is 5.41 Å². The number of aliphatic hydroxyl groups excluding tert-OH is 1. The summed E-state index contributed by atoms with van der Waals surface area (Å²) in [5.74, 6) is 0. The Hall–Kier alpha value is -4.74. The van der Waals surface area contributed by atoms with Crippen LogP contribution in [0.25, 0.3) is 33.4 Å². The fourth-order valence-electron chi connectivity index (χ4n) is 5.57. The average molecular weight is 525 g/mol. The zero-order valence-corrected chi connectivity index (χ0v) is 22.3. The topological polar surface area (TPSA) is 66.8 Å². The van der Waals surface area contributed by atoms with E-state index >= 15 is 0 Å². The zero-order valence-electron chi connectivity index (χ0n) is 22.3. The first kappa shape index (κ1) is 25.5. The smallest absolute Gasteiger partial charge is 0.146 e. The molecule has 40 heavy (non-hydrogen) atoms. The molecule has 5 heteroatoms. The lowest BCUT2D eigenvalue weighted by Gasteiger charge is -2.19. The molecule has 0 radical (unpaired) electrons. The van der Waals surface area contributed by atoms with Crippen LogP contribution in [0.5, 0.6) is 0 Å². The summed E-state index contributed by atoms with van der Waals surface area (Å²) in [4.78, 5) is 4.99. The number of benzene rings is 4. The molecular weight excluding hydrogens is 492 g/mol. The molecule has 0 saturated carbocycles. The summed E-state index contributed by atoms with van der Waals surface area (Å²) in [6, 6.07) is 41.0. The highest BCUT2D eigenvalue weighted by Crippen LogP contribution is 2.39. The van der Waals surface area contributed by atoms with Crippen LogP contribution in [-0.2, 0) is 19.4 Å². The third kappa shape index (κ3) is 4.99. The fraction of sp³-hybridized carbons (Fsp3) is 0.143. The maximum absolute atomic E-state index is 10.4. The second-order valence-electron chi connectivity index (χ2n) is 10.1. The van der Waals surface area contributed by atoms with Gasteiger partial charge in [-0.05, 0) is 35.1 Å². The van der Waals surface area contributed by atoms with Gasteiger partial charge in [0, 0.05) is 12.1 Å². The molecule has 1 atom stereocenters. The van der Waals surface area contributed by atoms with E-state index in [9.17, 15) is 10.5 Å². The second-order valence-corrected chi connectivity index (χ2v) is 10.1. The number of hydrogen-bond donors (Lipinski definition) is 2. The molecule has 0 spiro atoms. The van der Waals surface area contributed by atoms with Crippen LogP contribution in [0, 0.1) is 5.41 Å². The number of fused-ring (bicyclic) bond motifs is 1. The van der Waals surface area contributed by atoms with Gasteiger partial charge in [-0.15, -0.1) is 0 Å². The summed E-state index contributed by atoms with van der Waals surface area (Å²) in [5.41, 5.74) is 7.69. The third-order valence-corrected chi connectivity index (χ3v) is 7.53. The summed E-state index contributed by atoms with van der Waals surface area (Å²) in [6.45, 7) is 0.640. The SMILES string of the molecule is N=c1c2c(-c3ccccc3)c(-c3ccccc3)n(CCc3ccccc3)c2ncn1[C@H](CO)Cc1ccccc1. The number of aromatic nitrogens is 3. The molecule has 0 bridgehead atoms. The summed E-state index contributed by atoms with van der Waals surface area (Å²) < 4.78 is 4.10. The van der Waals surface area contributed by atoms with Crippen molar-refractivity contribution in [3.8, 4) is 22.4 Å². The predicted molar refractivity (Wildman–Crippen MR) is 161 cm³/mol. The van der Waals surface area contributed by atoms with Gasteiger partial charge >= 0.3 is 0 Å². The third-order valence-electron chi connectivity index (χ3n) is 7.53. The number of rotatable bonds is 9. The zero-order chi connectivity index (χ0) is 27.3. The van der Waals surface area contributed by atoms with E-state index < -0.39 is 0 Å². The molecule has 5 nitrogen and oxygen atoms in total. The molecule has 198 valence electrons. The van der Waals surface area contributed by atoms with Gasteiger partial charge in [-0.2, -0.15) is 0 Å². The summed E-state index contributed by atoms with van der Waals surface area (Å²) in [7, 11) is 0. The maximum Gasteiger partial charge on any atom is 0.146 e. The first-order valence-corrected chi connectivity index (χ1v) is 13.7. The minimum absolute atomic E-state index is 0.0838. The van der Waals surface area contributed by atoms with E-state index in [4.69, 9.17) is 4.98 Å². The largest absolute Gasteiger partial charge is 0.394 e. The molecule has 0 saturated heterocycles. The van der Waals surface area contributed by atoms with Crippen molar-refractivity contribution >= 4 is 11.0 Å². The monoisotopic (exact) mass is 524 g/mol. The van der Waals surface area contributed by atoms with E-state index in [-0.39, 0.29) is 12.6 Å². The van der Waals surface area contributed by atoms with Gasteiger partial charge in [0.05, 0.1) is 30.1 Å². The summed E-state index contributed by atoms with van der Waals surface area (Å²) in [6.07, 6.45) is 3.19. The molecule has 2 heterocycles. The molecule has 6 aromatic rings. The highest BCUT2D eigenvalue weighted by Gasteiger charge is 2.24. The van der Waals surface area contributed by atoms with Crippen molar-refractivity contribution in [3.05, 3.63) is 144 Å². The Labute approximate surface area is 234 Å². The highest BCUT2D eigenvalue weighted by molar-refractivity contribution is 6.02. The molecule has 2 N–H and O–H groups in total. The van der Waals surface area contributed by atoms with Crippen molar-refractivity contribution in [2.75, 3.05) is 6.61 Å². The van der Waals surface area contributed by atoms with E-state index in [1.54, 1.807) is 6.33 Å². The lowest BCUT2D eigenvalue weighted by molar-refractivity contribution is 0.223. The molecule has 6 rings (SSSR count). The lowest BCUT2D eigenvalue weighted by atomic mass is 9.99. The van der Waals surface area contributed by atoms with Gasteiger partial charge in [0.1, 0.15) is 11.1 Å². The van der Waals surface area contributed by atoms with Gasteiger partial charge in [0.2, 0.25) is 0 Å². The summed E-state index contributed by atoms with van der Waals surface area (Å²) >= 11 is 0. The van der Waals surface area contributed by atoms with Crippen LogP contribution in [0.2, 0.25) is 0 Å². The molecule has 2 aromatic heterocycles. The molecule has 0 fully saturated rings. The van der Waals surface area contributed by atoms with E-state index in [0.717, 1.165) is 51.9 Å². The molecular formula is C35H32N4O. The fourth-order valence-corrected chi connectivity index (χ4v) is 5.57. The molecule has 0 aliphatic carbocycles. The van der Waals surface area contributed by atoms with Gasteiger partial charge in [0.15, 0.2) is 0 Å². The molecule has 4 aromatic carbocycles. The first-order valence-electron chi connectivity index (χ1n) is 13.7. The Morgan fingerprint density at radius 1 is 0.700 bits per heavy atom. The number of aliphatic hydroxyl groups is 1. The van der Waals surface area contributed by atoms with Crippen LogP contribution in [0.15, 0.2) is 128 Å². The standard InChI is InChI=1S/C35H32N4O/c36-34-32-31(28-17-9-3-10-18-28)33(29-19-11-4-12-20-29)38(22-21-26-13-5-1-6-14-26)35(32)37-25-39(34)30(24-40)23-27-15-7-2-8-16-27/h1-20,25,30,36,40H,21-24H2/t30-/m0/s1. The van der Waals surface area contributed by atoms with E-state index in [0.29, 0.717) is 11.9 Å². The van der Waals surface area contributed by atoms with E-state index in [1.807, 2.05) is 53.1 Å². The highest BCUT2D eigenvalue weighted by atomic mass is 16.3. The van der Waals surface area contributed by atoms with Crippen LogP contribution >= 0.6 is 0 Å².